The Morgan fingerprint density at radius 1 is 1.10 bits per heavy atom. The lowest BCUT2D eigenvalue weighted by Gasteiger charge is -2.15. The summed E-state index contributed by atoms with van der Waals surface area (Å²) in [5, 5.41) is 2.47. The predicted octanol–water partition coefficient (Wildman–Crippen LogP) is 4.92. The molecule has 2 heterocycles. The van der Waals surface area contributed by atoms with Crippen molar-refractivity contribution in [1.29, 1.82) is 0 Å². The van der Waals surface area contributed by atoms with E-state index in [1.54, 1.807) is 6.92 Å². The van der Waals surface area contributed by atoms with Crippen LogP contribution in [0.15, 0.2) is 65.7 Å². The van der Waals surface area contributed by atoms with Crippen molar-refractivity contribution in [2.75, 3.05) is 17.7 Å². The van der Waals surface area contributed by atoms with E-state index in [4.69, 9.17) is 36.6 Å². The number of hydrogen-bond donors (Lipinski definition) is 4. The number of carbonyl (C=O) groups is 1. The Balaban J connectivity index is 1.63. The van der Waals surface area contributed by atoms with E-state index in [9.17, 15) is 18.4 Å². The van der Waals surface area contributed by atoms with Crippen molar-refractivity contribution in [2.45, 2.75) is 13.5 Å². The summed E-state index contributed by atoms with van der Waals surface area (Å²) in [5.74, 6) is -2.62. The summed E-state index contributed by atoms with van der Waals surface area (Å²) >= 11 is 6.04. The Kier molecular flexibility index (Phi) is 9.48. The molecule has 11 nitrogen and oxygen atoms in total. The predicted molar refractivity (Wildman–Crippen MR) is 147 cm³/mol. The lowest BCUT2D eigenvalue weighted by molar-refractivity contribution is 0.102. The van der Waals surface area contributed by atoms with Crippen LogP contribution in [-0.2, 0) is 11.1 Å². The van der Waals surface area contributed by atoms with E-state index in [0.717, 1.165) is 16.7 Å². The van der Waals surface area contributed by atoms with E-state index in [1.165, 1.54) is 48.8 Å². The summed E-state index contributed by atoms with van der Waals surface area (Å²) in [6.07, 6.45) is 2.67. The number of rotatable bonds is 10. The van der Waals surface area contributed by atoms with Gasteiger partial charge in [-0.05, 0) is 43.3 Å². The van der Waals surface area contributed by atoms with Crippen LogP contribution in [0, 0.1) is 11.6 Å². The number of benzene rings is 2. The number of carbonyl (C=O) groups excluding carboxylic acids is 1. The molecule has 2 aromatic carbocycles. The van der Waals surface area contributed by atoms with Crippen molar-refractivity contribution < 1.29 is 37.4 Å². The molecule has 1 amide bonds. The van der Waals surface area contributed by atoms with Crippen LogP contribution in [0.2, 0.25) is 5.02 Å². The molecule has 4 aromatic rings. The lowest BCUT2D eigenvalue weighted by atomic mass is 10.1. The second kappa shape index (κ2) is 13.0. The summed E-state index contributed by atoms with van der Waals surface area (Å²) in [7, 11) is -2.73. The third-order valence-electron chi connectivity index (χ3n) is 5.51. The van der Waals surface area contributed by atoms with E-state index < -0.39 is 43.9 Å². The minimum absolute atomic E-state index is 0.000689. The maximum absolute atomic E-state index is 14.8. The van der Waals surface area contributed by atoms with Crippen LogP contribution in [0.5, 0.6) is 17.2 Å². The van der Waals surface area contributed by atoms with Gasteiger partial charge in [-0.2, -0.15) is 0 Å². The zero-order valence-corrected chi connectivity index (χ0v) is 22.8. The minimum Gasteiger partial charge on any atom is -0.493 e. The number of ether oxygens (including phenoxy) is 2. The van der Waals surface area contributed by atoms with Crippen LogP contribution in [0.4, 0.5) is 20.3 Å². The molecule has 0 atom stereocenters. The second-order valence-electron chi connectivity index (χ2n) is 8.17. The van der Waals surface area contributed by atoms with Crippen LogP contribution in [0.1, 0.15) is 22.8 Å². The maximum atomic E-state index is 14.8. The van der Waals surface area contributed by atoms with Crippen molar-refractivity contribution >= 4 is 37.6 Å². The van der Waals surface area contributed by atoms with Gasteiger partial charge >= 0.3 is 8.60 Å². The SMILES string of the molecule is CCOc1ccn(-c2ccc(F)c(COP(O)O)c2)c(=O)c1C(=O)Nc1ccc(Oc2ccnc(N)c2Cl)c(F)c1. The van der Waals surface area contributed by atoms with E-state index in [1.807, 2.05) is 0 Å². The van der Waals surface area contributed by atoms with Gasteiger partial charge in [0, 0.05) is 41.5 Å². The number of nitrogens with two attached hydrogens (primary N) is 1. The fourth-order valence-electron chi connectivity index (χ4n) is 3.65. The van der Waals surface area contributed by atoms with Crippen LogP contribution in [0.25, 0.3) is 5.69 Å². The Hall–Kier alpha value is -4.13. The first-order valence-corrected chi connectivity index (χ1v) is 13.3. The first-order chi connectivity index (χ1) is 19.6. The van der Waals surface area contributed by atoms with Crippen molar-refractivity contribution in [2.24, 2.45) is 0 Å². The number of anilines is 2. The number of hydrogen-bond acceptors (Lipinski definition) is 9. The van der Waals surface area contributed by atoms with Gasteiger partial charge in [-0.1, -0.05) is 11.6 Å². The van der Waals surface area contributed by atoms with E-state index in [0.29, 0.717) is 0 Å². The van der Waals surface area contributed by atoms with Gasteiger partial charge in [-0.3, -0.25) is 14.2 Å². The monoisotopic (exact) mass is 606 g/mol. The summed E-state index contributed by atoms with van der Waals surface area (Å²) in [6, 6.07) is 9.97. The third kappa shape index (κ3) is 6.96. The zero-order chi connectivity index (χ0) is 29.7. The van der Waals surface area contributed by atoms with Crippen LogP contribution in [-0.4, -0.2) is 31.9 Å². The number of nitrogens with one attached hydrogen (secondary N) is 1. The number of amides is 1. The van der Waals surface area contributed by atoms with Gasteiger partial charge in [0.25, 0.3) is 11.5 Å². The van der Waals surface area contributed by atoms with Gasteiger partial charge in [-0.15, -0.1) is 0 Å². The Morgan fingerprint density at radius 3 is 2.59 bits per heavy atom. The van der Waals surface area contributed by atoms with Crippen LogP contribution in [0.3, 0.4) is 0 Å². The fourth-order valence-corrected chi connectivity index (χ4v) is 4.05. The molecule has 0 bridgehead atoms. The third-order valence-corrected chi connectivity index (χ3v) is 6.25. The largest absolute Gasteiger partial charge is 0.493 e. The van der Waals surface area contributed by atoms with Crippen molar-refractivity contribution in [3.8, 4) is 22.9 Å². The highest BCUT2D eigenvalue weighted by Crippen LogP contribution is 2.34. The van der Waals surface area contributed by atoms with Gasteiger partial charge in [0.15, 0.2) is 17.3 Å². The molecule has 2 aromatic heterocycles. The van der Waals surface area contributed by atoms with Gasteiger partial charge in [-0.25, -0.2) is 13.8 Å². The summed E-state index contributed by atoms with van der Waals surface area (Å²) in [5.41, 5.74) is 4.53. The molecule has 0 saturated carbocycles. The maximum Gasteiger partial charge on any atom is 0.327 e. The molecule has 15 heteroatoms. The standard InChI is InChI=1S/C26H22ClF2N4O7P/c1-2-38-20-8-10-33(16-4-5-17(28)14(11-16)13-39-41(36)37)26(35)22(20)25(34)32-15-3-6-19(18(29)12-15)40-21-7-9-31-24(30)23(21)27/h3-12,36-37H,2,13H2,1H3,(H2,30,31)(H,32,34). The average molecular weight is 607 g/mol. The van der Waals surface area contributed by atoms with Crippen molar-refractivity contribution in [3.05, 3.63) is 99.1 Å². The molecule has 0 saturated heterocycles. The summed E-state index contributed by atoms with van der Waals surface area (Å²) in [6.45, 7) is 1.33. The van der Waals surface area contributed by atoms with Gasteiger partial charge in [0.05, 0.1) is 13.2 Å². The van der Waals surface area contributed by atoms with Crippen molar-refractivity contribution in [1.82, 2.24) is 9.55 Å². The molecule has 0 spiro atoms. The van der Waals surface area contributed by atoms with Gasteiger partial charge < -0.3 is 34.8 Å². The molecule has 4 rings (SSSR count). The molecule has 0 aliphatic carbocycles. The smallest absolute Gasteiger partial charge is 0.327 e. The minimum atomic E-state index is -2.73. The average Bonchev–Trinajstić information content (AvgIpc) is 2.92. The fraction of sp³-hybridized carbons (Fsp3) is 0.115. The molecule has 0 fully saturated rings. The number of aromatic nitrogens is 2. The van der Waals surface area contributed by atoms with E-state index >= 15 is 0 Å². The molecule has 214 valence electrons. The van der Waals surface area contributed by atoms with E-state index in [-0.39, 0.29) is 51.6 Å². The quantitative estimate of drug-likeness (QED) is 0.184. The molecule has 0 radical (unpaired) electrons. The summed E-state index contributed by atoms with van der Waals surface area (Å²) in [4.78, 5) is 48.4. The topological polar surface area (TPSA) is 158 Å². The first kappa shape index (κ1) is 29.8. The second-order valence-corrected chi connectivity index (χ2v) is 9.32. The highest BCUT2D eigenvalue weighted by Gasteiger charge is 2.21. The van der Waals surface area contributed by atoms with Crippen LogP contribution < -0.4 is 26.1 Å². The van der Waals surface area contributed by atoms with E-state index in [2.05, 4.69) is 14.8 Å². The summed E-state index contributed by atoms with van der Waals surface area (Å²) < 4.78 is 45.8. The zero-order valence-electron chi connectivity index (χ0n) is 21.2. The molecule has 5 N–H and O–H groups in total. The molecular weight excluding hydrogens is 585 g/mol. The van der Waals surface area contributed by atoms with Gasteiger partial charge in [0.2, 0.25) is 0 Å². The molecule has 0 aliphatic rings. The van der Waals surface area contributed by atoms with Crippen LogP contribution >= 0.6 is 20.2 Å². The van der Waals surface area contributed by atoms with Gasteiger partial charge in [0.1, 0.15) is 28.0 Å². The lowest BCUT2D eigenvalue weighted by Crippen LogP contribution is -2.29. The highest BCUT2D eigenvalue weighted by molar-refractivity contribution is 7.39. The normalized spacial score (nSPS) is 11.0. The van der Waals surface area contributed by atoms with Crippen molar-refractivity contribution in [3.63, 3.8) is 0 Å². The molecular formula is C26H22ClF2N4O7P. The number of halogens is 3. The molecule has 0 aliphatic heterocycles. The molecule has 0 unspecified atom stereocenters. The Morgan fingerprint density at radius 2 is 1.88 bits per heavy atom. The number of nitrogen functional groups attached to an aromatic ring is 1. The Labute approximate surface area is 237 Å². The first-order valence-electron chi connectivity index (χ1n) is 11.8. The molecule has 41 heavy (non-hydrogen) atoms. The number of nitrogens with zero attached hydrogens (tertiary/aromatic N) is 2. The Bertz CT molecular complexity index is 1660. The highest BCUT2D eigenvalue weighted by atomic mass is 35.5. The number of pyridine rings is 2.